The molecule has 0 fully saturated rings. The lowest BCUT2D eigenvalue weighted by Crippen LogP contribution is -2.34. The van der Waals surface area contributed by atoms with Crippen molar-refractivity contribution in [1.29, 1.82) is 5.26 Å². The summed E-state index contributed by atoms with van der Waals surface area (Å²) in [4.78, 5) is 0.175. The quantitative estimate of drug-likeness (QED) is 0.869. The molecular weight excluding hydrogens is 276 g/mol. The molecule has 0 bridgehead atoms. The first-order valence-corrected chi connectivity index (χ1v) is 7.94. The van der Waals surface area contributed by atoms with E-state index in [0.29, 0.717) is 12.1 Å². The van der Waals surface area contributed by atoms with Gasteiger partial charge in [0.15, 0.2) is 0 Å². The second-order valence-electron chi connectivity index (χ2n) is 4.73. The summed E-state index contributed by atoms with van der Waals surface area (Å²) in [6.45, 7) is 5.54. The zero-order valence-corrected chi connectivity index (χ0v) is 12.8. The lowest BCUT2D eigenvalue weighted by Gasteiger charge is -2.21. The fourth-order valence-corrected chi connectivity index (χ4v) is 3.35. The van der Waals surface area contributed by atoms with Crippen LogP contribution in [0.5, 0.6) is 0 Å². The van der Waals surface area contributed by atoms with E-state index in [1.54, 1.807) is 32.9 Å². The number of benzene rings is 1. The predicted octanol–water partition coefficient (Wildman–Crippen LogP) is 1.91. The van der Waals surface area contributed by atoms with Crippen LogP contribution in [0.4, 0.5) is 0 Å². The standard InChI is InChI=1S/C14H20N2O3S/c1-4-16(10-11(2)9-15)20(18,19)14-7-5-13(6-8-14)12(3)17/h5-8,11-12,17H,4,10H2,1-3H3. The van der Waals surface area contributed by atoms with Gasteiger partial charge in [0, 0.05) is 13.1 Å². The summed E-state index contributed by atoms with van der Waals surface area (Å²) in [5.41, 5.74) is 0.664. The number of nitriles is 1. The molecule has 1 aromatic carbocycles. The first-order chi connectivity index (χ1) is 9.32. The van der Waals surface area contributed by atoms with Crippen LogP contribution >= 0.6 is 0 Å². The number of aliphatic hydroxyl groups is 1. The highest BCUT2D eigenvalue weighted by Crippen LogP contribution is 2.20. The molecule has 2 atom stereocenters. The third-order valence-corrected chi connectivity index (χ3v) is 5.01. The highest BCUT2D eigenvalue weighted by Gasteiger charge is 2.24. The van der Waals surface area contributed by atoms with Gasteiger partial charge in [0.2, 0.25) is 10.0 Å². The Bertz CT molecular complexity index is 573. The van der Waals surface area contributed by atoms with Gasteiger partial charge in [0.05, 0.1) is 23.0 Å². The molecule has 0 aliphatic heterocycles. The Balaban J connectivity index is 3.05. The number of sulfonamides is 1. The molecule has 20 heavy (non-hydrogen) atoms. The number of hydrogen-bond acceptors (Lipinski definition) is 4. The second-order valence-corrected chi connectivity index (χ2v) is 6.67. The summed E-state index contributed by atoms with van der Waals surface area (Å²) in [6.07, 6.45) is -0.632. The number of aliphatic hydroxyl groups excluding tert-OH is 1. The van der Waals surface area contributed by atoms with Crippen molar-refractivity contribution in [3.8, 4) is 6.07 Å². The number of hydrogen-bond donors (Lipinski definition) is 1. The van der Waals surface area contributed by atoms with E-state index in [4.69, 9.17) is 5.26 Å². The molecule has 1 rings (SSSR count). The zero-order valence-electron chi connectivity index (χ0n) is 11.9. The van der Waals surface area contributed by atoms with Gasteiger partial charge in [0.25, 0.3) is 0 Å². The Morgan fingerprint density at radius 1 is 1.30 bits per heavy atom. The highest BCUT2D eigenvalue weighted by atomic mass is 32.2. The van der Waals surface area contributed by atoms with Crippen molar-refractivity contribution in [3.63, 3.8) is 0 Å². The molecule has 0 amide bonds. The van der Waals surface area contributed by atoms with Gasteiger partial charge >= 0.3 is 0 Å². The van der Waals surface area contributed by atoms with Crippen LogP contribution < -0.4 is 0 Å². The molecule has 2 unspecified atom stereocenters. The Hall–Kier alpha value is -1.42. The molecular formula is C14H20N2O3S. The third kappa shape index (κ3) is 3.79. The molecule has 0 spiro atoms. The Morgan fingerprint density at radius 2 is 1.85 bits per heavy atom. The van der Waals surface area contributed by atoms with Crippen LogP contribution in [0, 0.1) is 17.2 Å². The molecule has 0 aromatic heterocycles. The van der Waals surface area contributed by atoms with Gasteiger partial charge in [-0.2, -0.15) is 9.57 Å². The first-order valence-electron chi connectivity index (χ1n) is 6.50. The van der Waals surface area contributed by atoms with Gasteiger partial charge in [0.1, 0.15) is 0 Å². The van der Waals surface area contributed by atoms with Crippen LogP contribution in [-0.2, 0) is 10.0 Å². The minimum Gasteiger partial charge on any atom is -0.389 e. The molecule has 0 heterocycles. The molecule has 0 saturated carbocycles. The molecule has 6 heteroatoms. The fraction of sp³-hybridized carbons (Fsp3) is 0.500. The minimum atomic E-state index is -3.60. The van der Waals surface area contributed by atoms with Gasteiger partial charge in [-0.3, -0.25) is 0 Å². The van der Waals surface area contributed by atoms with E-state index in [0.717, 1.165) is 0 Å². The highest BCUT2D eigenvalue weighted by molar-refractivity contribution is 7.89. The van der Waals surface area contributed by atoms with Crippen LogP contribution in [0.25, 0.3) is 0 Å². The van der Waals surface area contributed by atoms with Gasteiger partial charge in [-0.1, -0.05) is 19.1 Å². The van der Waals surface area contributed by atoms with Crippen molar-refractivity contribution in [2.75, 3.05) is 13.1 Å². The van der Waals surface area contributed by atoms with E-state index in [9.17, 15) is 13.5 Å². The topological polar surface area (TPSA) is 81.4 Å². The lowest BCUT2D eigenvalue weighted by atomic mass is 10.1. The maximum absolute atomic E-state index is 12.4. The summed E-state index contributed by atoms with van der Waals surface area (Å²) in [5.74, 6) is -0.360. The van der Waals surface area contributed by atoms with Gasteiger partial charge < -0.3 is 5.11 Å². The van der Waals surface area contributed by atoms with Crippen LogP contribution in [0.1, 0.15) is 32.4 Å². The van der Waals surface area contributed by atoms with Crippen molar-refractivity contribution in [2.24, 2.45) is 5.92 Å². The maximum Gasteiger partial charge on any atom is 0.243 e. The van der Waals surface area contributed by atoms with Gasteiger partial charge in [-0.05, 0) is 31.5 Å². The zero-order chi connectivity index (χ0) is 15.3. The predicted molar refractivity (Wildman–Crippen MR) is 76.3 cm³/mol. The third-order valence-electron chi connectivity index (χ3n) is 3.05. The largest absolute Gasteiger partial charge is 0.389 e. The number of rotatable bonds is 6. The van der Waals surface area contributed by atoms with Crippen molar-refractivity contribution in [3.05, 3.63) is 29.8 Å². The van der Waals surface area contributed by atoms with E-state index < -0.39 is 16.1 Å². The van der Waals surface area contributed by atoms with Crippen molar-refractivity contribution >= 4 is 10.0 Å². The van der Waals surface area contributed by atoms with Gasteiger partial charge in [-0.15, -0.1) is 0 Å². The van der Waals surface area contributed by atoms with E-state index in [-0.39, 0.29) is 17.4 Å². The average Bonchev–Trinajstić information content (AvgIpc) is 2.44. The smallest absolute Gasteiger partial charge is 0.243 e. The first kappa shape index (κ1) is 16.6. The monoisotopic (exact) mass is 296 g/mol. The maximum atomic E-state index is 12.4. The lowest BCUT2D eigenvalue weighted by molar-refractivity contribution is 0.199. The van der Waals surface area contributed by atoms with E-state index in [1.165, 1.54) is 16.4 Å². The van der Waals surface area contributed by atoms with E-state index >= 15 is 0 Å². The molecule has 110 valence electrons. The Kier molecular flexibility index (Phi) is 5.69. The van der Waals surface area contributed by atoms with Crippen molar-refractivity contribution in [2.45, 2.75) is 31.8 Å². The molecule has 0 aliphatic carbocycles. The molecule has 5 nitrogen and oxygen atoms in total. The number of nitrogens with zero attached hydrogens (tertiary/aromatic N) is 2. The fourth-order valence-electron chi connectivity index (χ4n) is 1.81. The average molecular weight is 296 g/mol. The molecule has 0 saturated heterocycles. The van der Waals surface area contributed by atoms with Crippen LogP contribution in [0.15, 0.2) is 29.2 Å². The SMILES string of the molecule is CCN(CC(C)C#N)S(=O)(=O)c1ccc(C(C)O)cc1. The van der Waals surface area contributed by atoms with Crippen molar-refractivity contribution in [1.82, 2.24) is 4.31 Å². The minimum absolute atomic E-state index is 0.174. The molecule has 0 aliphatic rings. The normalized spacial score (nSPS) is 14.8. The molecule has 1 N–H and O–H groups in total. The van der Waals surface area contributed by atoms with Crippen LogP contribution in [0.2, 0.25) is 0 Å². The second kappa shape index (κ2) is 6.84. The van der Waals surface area contributed by atoms with Crippen LogP contribution in [0.3, 0.4) is 0 Å². The summed E-state index contributed by atoms with van der Waals surface area (Å²) in [5, 5.41) is 18.2. The molecule has 0 radical (unpaired) electrons. The molecule has 1 aromatic rings. The summed E-state index contributed by atoms with van der Waals surface area (Å²) < 4.78 is 26.2. The van der Waals surface area contributed by atoms with Gasteiger partial charge in [-0.25, -0.2) is 8.42 Å². The summed E-state index contributed by atoms with van der Waals surface area (Å²) in [7, 11) is -3.60. The van der Waals surface area contributed by atoms with E-state index in [2.05, 4.69) is 0 Å². The van der Waals surface area contributed by atoms with E-state index in [1.807, 2.05) is 6.07 Å². The summed E-state index contributed by atoms with van der Waals surface area (Å²) >= 11 is 0. The summed E-state index contributed by atoms with van der Waals surface area (Å²) in [6, 6.07) is 8.20. The Morgan fingerprint density at radius 3 is 2.25 bits per heavy atom. The Labute approximate surface area is 120 Å². The van der Waals surface area contributed by atoms with Crippen LogP contribution in [-0.4, -0.2) is 30.9 Å². The van der Waals surface area contributed by atoms with Crippen molar-refractivity contribution < 1.29 is 13.5 Å².